The van der Waals surface area contributed by atoms with E-state index in [1.54, 1.807) is 6.20 Å². The van der Waals surface area contributed by atoms with Crippen LogP contribution in [0.25, 0.3) is 0 Å². The molecule has 0 unspecified atom stereocenters. The molecule has 2 heterocycles. The molecule has 1 aliphatic heterocycles. The molecule has 0 aromatic carbocycles. The van der Waals surface area contributed by atoms with E-state index < -0.39 is 0 Å². The monoisotopic (exact) mass is 255 g/mol. The van der Waals surface area contributed by atoms with Crippen molar-refractivity contribution in [3.63, 3.8) is 0 Å². The lowest BCUT2D eigenvalue weighted by atomic mass is 10.4. The van der Waals surface area contributed by atoms with Crippen molar-refractivity contribution < 1.29 is 9.53 Å². The van der Waals surface area contributed by atoms with Crippen LogP contribution in [0.2, 0.25) is 0 Å². The molecule has 6 heteroatoms. The molecule has 1 N–H and O–H groups in total. The maximum Gasteiger partial charge on any atom is 0.280 e. The molecule has 1 saturated heterocycles. The number of nitrogens with one attached hydrogen (secondary N) is 1. The van der Waals surface area contributed by atoms with Crippen LogP contribution in [0.3, 0.4) is 0 Å². The number of aryl methyl sites for hydroxylation is 1. The van der Waals surface area contributed by atoms with Gasteiger partial charge in [0.2, 0.25) is 0 Å². The SMILES string of the molecule is Cc1cnc(C(=O)NCCN2CCOCC2)s1. The first-order valence-electron chi connectivity index (χ1n) is 5.76. The van der Waals surface area contributed by atoms with Gasteiger partial charge in [-0.25, -0.2) is 4.98 Å². The number of aromatic nitrogens is 1. The molecule has 2 rings (SSSR count). The second-order valence-electron chi connectivity index (χ2n) is 3.99. The summed E-state index contributed by atoms with van der Waals surface area (Å²) in [5.74, 6) is -0.0728. The number of carbonyl (C=O) groups is 1. The molecule has 94 valence electrons. The van der Waals surface area contributed by atoms with Crippen molar-refractivity contribution in [1.29, 1.82) is 0 Å². The van der Waals surface area contributed by atoms with Gasteiger partial charge < -0.3 is 10.1 Å². The normalized spacial score (nSPS) is 17.0. The van der Waals surface area contributed by atoms with E-state index in [1.807, 2.05) is 6.92 Å². The summed E-state index contributed by atoms with van der Waals surface area (Å²) in [5.41, 5.74) is 0. The third-order valence-electron chi connectivity index (χ3n) is 2.63. The highest BCUT2D eigenvalue weighted by Crippen LogP contribution is 2.10. The van der Waals surface area contributed by atoms with E-state index in [0.29, 0.717) is 11.6 Å². The van der Waals surface area contributed by atoms with Crippen LogP contribution in [0.5, 0.6) is 0 Å². The summed E-state index contributed by atoms with van der Waals surface area (Å²) in [7, 11) is 0. The Hall–Kier alpha value is -0.980. The summed E-state index contributed by atoms with van der Waals surface area (Å²) < 4.78 is 5.26. The third kappa shape index (κ3) is 3.76. The molecule has 1 aromatic heterocycles. The number of morpholine rings is 1. The van der Waals surface area contributed by atoms with Gasteiger partial charge in [0.25, 0.3) is 5.91 Å². The van der Waals surface area contributed by atoms with Crippen LogP contribution >= 0.6 is 11.3 Å². The molecular weight excluding hydrogens is 238 g/mol. The van der Waals surface area contributed by atoms with Gasteiger partial charge in [0, 0.05) is 37.3 Å². The Morgan fingerprint density at radius 2 is 2.35 bits per heavy atom. The number of hydrogen-bond acceptors (Lipinski definition) is 5. The summed E-state index contributed by atoms with van der Waals surface area (Å²) in [6.07, 6.45) is 1.72. The van der Waals surface area contributed by atoms with Crippen molar-refractivity contribution in [2.75, 3.05) is 39.4 Å². The van der Waals surface area contributed by atoms with Crippen molar-refractivity contribution in [1.82, 2.24) is 15.2 Å². The maximum absolute atomic E-state index is 11.7. The molecule has 1 fully saturated rings. The Morgan fingerprint density at radius 3 is 3.00 bits per heavy atom. The van der Waals surface area contributed by atoms with Gasteiger partial charge in [-0.1, -0.05) is 0 Å². The molecule has 1 aliphatic rings. The van der Waals surface area contributed by atoms with E-state index in [9.17, 15) is 4.79 Å². The van der Waals surface area contributed by atoms with Gasteiger partial charge in [0.15, 0.2) is 5.01 Å². The lowest BCUT2D eigenvalue weighted by Gasteiger charge is -2.26. The van der Waals surface area contributed by atoms with Crippen LogP contribution in [-0.2, 0) is 4.74 Å². The first kappa shape index (κ1) is 12.5. The largest absolute Gasteiger partial charge is 0.379 e. The van der Waals surface area contributed by atoms with Crippen molar-refractivity contribution in [2.24, 2.45) is 0 Å². The quantitative estimate of drug-likeness (QED) is 0.852. The molecule has 0 saturated carbocycles. The molecule has 0 radical (unpaired) electrons. The first-order chi connectivity index (χ1) is 8.25. The predicted molar refractivity (Wildman–Crippen MR) is 66.4 cm³/mol. The fourth-order valence-electron chi connectivity index (χ4n) is 1.69. The highest BCUT2D eigenvalue weighted by molar-refractivity contribution is 7.13. The second kappa shape index (κ2) is 6.09. The average molecular weight is 255 g/mol. The Balaban J connectivity index is 1.69. The van der Waals surface area contributed by atoms with Gasteiger partial charge in [0.1, 0.15) is 0 Å². The van der Waals surface area contributed by atoms with Crippen LogP contribution in [0.15, 0.2) is 6.20 Å². The highest BCUT2D eigenvalue weighted by Gasteiger charge is 2.12. The molecule has 1 aromatic rings. The zero-order valence-corrected chi connectivity index (χ0v) is 10.8. The van der Waals surface area contributed by atoms with Crippen molar-refractivity contribution >= 4 is 17.2 Å². The van der Waals surface area contributed by atoms with Crippen molar-refractivity contribution in [3.8, 4) is 0 Å². The summed E-state index contributed by atoms with van der Waals surface area (Å²) in [6.45, 7) is 6.97. The zero-order valence-electron chi connectivity index (χ0n) is 9.94. The van der Waals surface area contributed by atoms with Gasteiger partial charge in [-0.3, -0.25) is 9.69 Å². The van der Waals surface area contributed by atoms with Gasteiger partial charge in [0.05, 0.1) is 13.2 Å². The first-order valence-corrected chi connectivity index (χ1v) is 6.58. The molecule has 0 bridgehead atoms. The molecule has 0 aliphatic carbocycles. The van der Waals surface area contributed by atoms with E-state index >= 15 is 0 Å². The molecule has 5 nitrogen and oxygen atoms in total. The molecular formula is C11H17N3O2S. The minimum Gasteiger partial charge on any atom is -0.379 e. The number of carbonyl (C=O) groups excluding carboxylic acids is 1. The van der Waals surface area contributed by atoms with Crippen LogP contribution in [0, 0.1) is 6.92 Å². The number of thiazole rings is 1. The van der Waals surface area contributed by atoms with E-state index in [4.69, 9.17) is 4.74 Å². The summed E-state index contributed by atoms with van der Waals surface area (Å²) in [4.78, 5) is 19.1. The van der Waals surface area contributed by atoms with E-state index in [-0.39, 0.29) is 5.91 Å². The Morgan fingerprint density at radius 1 is 1.59 bits per heavy atom. The van der Waals surface area contributed by atoms with Crippen LogP contribution in [0.4, 0.5) is 0 Å². The van der Waals surface area contributed by atoms with Gasteiger partial charge in [-0.2, -0.15) is 0 Å². The van der Waals surface area contributed by atoms with Crippen molar-refractivity contribution in [2.45, 2.75) is 6.92 Å². The number of ether oxygens (including phenoxy) is 1. The topological polar surface area (TPSA) is 54.5 Å². The van der Waals surface area contributed by atoms with E-state index in [0.717, 1.165) is 37.7 Å². The standard InChI is InChI=1S/C11H17N3O2S/c1-9-8-13-11(17-9)10(15)12-2-3-14-4-6-16-7-5-14/h8H,2-7H2,1H3,(H,12,15). The Bertz CT molecular complexity index is 375. The fraction of sp³-hybridized carbons (Fsp3) is 0.636. The van der Waals surface area contributed by atoms with E-state index in [1.165, 1.54) is 11.3 Å². The van der Waals surface area contributed by atoms with Gasteiger partial charge >= 0.3 is 0 Å². The average Bonchev–Trinajstić information content (AvgIpc) is 2.77. The lowest BCUT2D eigenvalue weighted by Crippen LogP contribution is -2.41. The maximum atomic E-state index is 11.7. The predicted octanol–water partition coefficient (Wildman–Crippen LogP) is 0.514. The van der Waals surface area contributed by atoms with Crippen molar-refractivity contribution in [3.05, 3.63) is 16.1 Å². The Kier molecular flexibility index (Phi) is 4.47. The van der Waals surface area contributed by atoms with Crippen LogP contribution < -0.4 is 5.32 Å². The third-order valence-corrected chi connectivity index (χ3v) is 3.54. The highest BCUT2D eigenvalue weighted by atomic mass is 32.1. The summed E-state index contributed by atoms with van der Waals surface area (Å²) >= 11 is 1.43. The molecule has 0 spiro atoms. The Labute approximate surface area is 105 Å². The zero-order chi connectivity index (χ0) is 12.1. The van der Waals surface area contributed by atoms with E-state index in [2.05, 4.69) is 15.2 Å². The van der Waals surface area contributed by atoms with Crippen LogP contribution in [0.1, 0.15) is 14.7 Å². The molecule has 1 amide bonds. The number of hydrogen-bond donors (Lipinski definition) is 1. The summed E-state index contributed by atoms with van der Waals surface area (Å²) in [6, 6.07) is 0. The lowest BCUT2D eigenvalue weighted by molar-refractivity contribution is 0.0383. The number of rotatable bonds is 4. The second-order valence-corrected chi connectivity index (χ2v) is 5.22. The van der Waals surface area contributed by atoms with Gasteiger partial charge in [-0.05, 0) is 6.92 Å². The fourth-order valence-corrected chi connectivity index (χ4v) is 2.37. The smallest absolute Gasteiger partial charge is 0.280 e. The molecule has 0 atom stereocenters. The molecule has 17 heavy (non-hydrogen) atoms. The number of amides is 1. The van der Waals surface area contributed by atoms with Crippen LogP contribution in [-0.4, -0.2) is 55.2 Å². The van der Waals surface area contributed by atoms with Gasteiger partial charge in [-0.15, -0.1) is 11.3 Å². The number of nitrogens with zero attached hydrogens (tertiary/aromatic N) is 2. The summed E-state index contributed by atoms with van der Waals surface area (Å²) in [5, 5.41) is 3.43. The minimum atomic E-state index is -0.0728. The minimum absolute atomic E-state index is 0.0728.